The molecule has 0 fully saturated rings. The predicted molar refractivity (Wildman–Crippen MR) is 71.0 cm³/mol. The van der Waals surface area contributed by atoms with Gasteiger partial charge < -0.3 is 10.2 Å². The van der Waals surface area contributed by atoms with Crippen molar-refractivity contribution < 1.29 is 9.18 Å². The van der Waals surface area contributed by atoms with Crippen LogP contribution >= 0.6 is 0 Å². The molecule has 0 aromatic heterocycles. The zero-order chi connectivity index (χ0) is 13.5. The van der Waals surface area contributed by atoms with E-state index < -0.39 is 0 Å². The number of amides is 1. The lowest BCUT2D eigenvalue weighted by Gasteiger charge is -2.20. The fourth-order valence-electron chi connectivity index (χ4n) is 1.81. The van der Waals surface area contributed by atoms with E-state index in [1.54, 1.807) is 30.1 Å². The highest BCUT2D eigenvalue weighted by Crippen LogP contribution is 2.22. The second-order valence-corrected chi connectivity index (χ2v) is 4.55. The first-order valence-corrected chi connectivity index (χ1v) is 6.19. The van der Waals surface area contributed by atoms with Crippen LogP contribution in [-0.2, 0) is 4.79 Å². The second kappa shape index (κ2) is 7.11. The van der Waals surface area contributed by atoms with Gasteiger partial charge in [0.05, 0.1) is 0 Å². The molecule has 0 aliphatic carbocycles. The van der Waals surface area contributed by atoms with Crippen molar-refractivity contribution in [2.45, 2.75) is 19.3 Å². The smallest absolute Gasteiger partial charge is 0.222 e. The fraction of sp³-hybridized carbons (Fsp3) is 0.500. The van der Waals surface area contributed by atoms with Crippen LogP contribution in [0.5, 0.6) is 0 Å². The molecule has 100 valence electrons. The normalized spacial score (nSPS) is 12.2. The van der Waals surface area contributed by atoms with E-state index in [2.05, 4.69) is 5.32 Å². The minimum absolute atomic E-state index is 0.0426. The number of hydrogen-bond acceptors (Lipinski definition) is 2. The third-order valence-corrected chi connectivity index (χ3v) is 3.04. The molecule has 3 nitrogen and oxygen atoms in total. The first-order chi connectivity index (χ1) is 8.56. The molecule has 1 aromatic rings. The summed E-state index contributed by atoms with van der Waals surface area (Å²) in [5.41, 5.74) is 0.605. The summed E-state index contributed by atoms with van der Waals surface area (Å²) in [5, 5.41) is 2.99. The Balaban J connectivity index is 2.57. The number of nitrogens with zero attached hydrogens (tertiary/aromatic N) is 1. The Labute approximate surface area is 108 Å². The molecule has 1 unspecified atom stereocenters. The predicted octanol–water partition coefficient (Wildman–Crippen LogP) is 2.00. The number of carbonyl (C=O) groups is 1. The van der Waals surface area contributed by atoms with Gasteiger partial charge in [0.2, 0.25) is 5.91 Å². The Kier molecular flexibility index (Phi) is 5.78. The van der Waals surface area contributed by atoms with Crippen LogP contribution in [0.25, 0.3) is 0 Å². The minimum atomic E-state index is -0.240. The lowest BCUT2D eigenvalue weighted by Crippen LogP contribution is -2.33. The van der Waals surface area contributed by atoms with E-state index in [1.807, 2.05) is 14.0 Å². The standard InChI is InChI=1S/C14H21FN2O/c1-11(12-6-4-5-7-13(12)15)10-14(18)17(3)9-8-16-2/h4-7,11,16H,8-10H2,1-3H3. The van der Waals surface area contributed by atoms with E-state index in [9.17, 15) is 9.18 Å². The van der Waals surface area contributed by atoms with E-state index in [1.165, 1.54) is 6.07 Å². The van der Waals surface area contributed by atoms with E-state index >= 15 is 0 Å². The topological polar surface area (TPSA) is 32.3 Å². The average molecular weight is 252 g/mol. The second-order valence-electron chi connectivity index (χ2n) is 4.55. The minimum Gasteiger partial charge on any atom is -0.344 e. The van der Waals surface area contributed by atoms with Crippen LogP contribution in [-0.4, -0.2) is 38.0 Å². The van der Waals surface area contributed by atoms with E-state index in [0.29, 0.717) is 18.5 Å². The number of rotatable bonds is 6. The average Bonchev–Trinajstić information content (AvgIpc) is 2.36. The molecule has 0 spiro atoms. The summed E-state index contributed by atoms with van der Waals surface area (Å²) in [6.45, 7) is 3.30. The third kappa shape index (κ3) is 4.11. The molecule has 1 amide bonds. The van der Waals surface area contributed by atoms with Crippen molar-refractivity contribution in [2.75, 3.05) is 27.2 Å². The van der Waals surface area contributed by atoms with Crippen molar-refractivity contribution in [3.05, 3.63) is 35.6 Å². The lowest BCUT2D eigenvalue weighted by molar-refractivity contribution is -0.130. The summed E-state index contributed by atoms with van der Waals surface area (Å²) in [7, 11) is 3.62. The Morgan fingerprint density at radius 3 is 2.72 bits per heavy atom. The summed E-state index contributed by atoms with van der Waals surface area (Å²) in [6, 6.07) is 6.62. The molecule has 1 rings (SSSR count). The summed E-state index contributed by atoms with van der Waals surface area (Å²) in [5.74, 6) is -0.299. The van der Waals surface area contributed by atoms with Gasteiger partial charge in [0.25, 0.3) is 0 Å². The lowest BCUT2D eigenvalue weighted by atomic mass is 9.97. The van der Waals surface area contributed by atoms with Crippen LogP contribution in [0.2, 0.25) is 0 Å². The van der Waals surface area contributed by atoms with Crippen LogP contribution in [0.1, 0.15) is 24.8 Å². The van der Waals surface area contributed by atoms with Crippen molar-refractivity contribution in [1.82, 2.24) is 10.2 Å². The highest BCUT2D eigenvalue weighted by molar-refractivity contribution is 5.76. The maximum atomic E-state index is 13.6. The molecular weight excluding hydrogens is 231 g/mol. The van der Waals surface area contributed by atoms with Crippen molar-refractivity contribution in [3.8, 4) is 0 Å². The van der Waals surface area contributed by atoms with Gasteiger partial charge >= 0.3 is 0 Å². The summed E-state index contributed by atoms with van der Waals surface area (Å²) >= 11 is 0. The SMILES string of the molecule is CNCCN(C)C(=O)CC(C)c1ccccc1F. The van der Waals surface area contributed by atoms with Crippen LogP contribution in [0.4, 0.5) is 4.39 Å². The number of halogens is 1. The molecule has 0 aliphatic rings. The number of nitrogens with one attached hydrogen (secondary N) is 1. The molecule has 18 heavy (non-hydrogen) atoms. The first kappa shape index (κ1) is 14.6. The van der Waals surface area contributed by atoms with Gasteiger partial charge in [-0.1, -0.05) is 25.1 Å². The van der Waals surface area contributed by atoms with E-state index in [0.717, 1.165) is 6.54 Å². The molecule has 4 heteroatoms. The third-order valence-electron chi connectivity index (χ3n) is 3.04. The zero-order valence-electron chi connectivity index (χ0n) is 11.2. The van der Waals surface area contributed by atoms with E-state index in [4.69, 9.17) is 0 Å². The molecule has 0 saturated carbocycles. The Morgan fingerprint density at radius 2 is 2.11 bits per heavy atom. The Morgan fingerprint density at radius 1 is 1.44 bits per heavy atom. The van der Waals surface area contributed by atoms with Gasteiger partial charge in [-0.2, -0.15) is 0 Å². The van der Waals surface area contributed by atoms with Crippen LogP contribution in [0.15, 0.2) is 24.3 Å². The molecule has 0 bridgehead atoms. The molecular formula is C14H21FN2O. The van der Waals surface area contributed by atoms with Crippen LogP contribution < -0.4 is 5.32 Å². The molecule has 1 N–H and O–H groups in total. The molecule has 1 atom stereocenters. The zero-order valence-corrected chi connectivity index (χ0v) is 11.2. The maximum absolute atomic E-state index is 13.6. The molecule has 0 saturated heterocycles. The highest BCUT2D eigenvalue weighted by Gasteiger charge is 2.16. The molecule has 1 aromatic carbocycles. The van der Waals surface area contributed by atoms with Crippen molar-refractivity contribution in [3.63, 3.8) is 0 Å². The summed E-state index contributed by atoms with van der Waals surface area (Å²) < 4.78 is 13.6. The monoisotopic (exact) mass is 252 g/mol. The van der Waals surface area contributed by atoms with Gasteiger partial charge in [-0.05, 0) is 24.6 Å². The van der Waals surface area contributed by atoms with Gasteiger partial charge in [-0.15, -0.1) is 0 Å². The molecule has 0 radical (unpaired) electrons. The molecule has 0 heterocycles. The van der Waals surface area contributed by atoms with Crippen molar-refractivity contribution in [1.29, 1.82) is 0 Å². The van der Waals surface area contributed by atoms with Crippen LogP contribution in [0.3, 0.4) is 0 Å². The van der Waals surface area contributed by atoms with Crippen LogP contribution in [0, 0.1) is 5.82 Å². The summed E-state index contributed by atoms with van der Waals surface area (Å²) in [6.07, 6.45) is 0.334. The van der Waals surface area contributed by atoms with Gasteiger partial charge in [-0.25, -0.2) is 4.39 Å². The van der Waals surface area contributed by atoms with Crippen molar-refractivity contribution in [2.24, 2.45) is 0 Å². The summed E-state index contributed by atoms with van der Waals surface area (Å²) in [4.78, 5) is 13.6. The Hall–Kier alpha value is -1.42. The van der Waals surface area contributed by atoms with Gasteiger partial charge in [0, 0.05) is 26.6 Å². The van der Waals surface area contributed by atoms with Crippen molar-refractivity contribution >= 4 is 5.91 Å². The van der Waals surface area contributed by atoms with E-state index in [-0.39, 0.29) is 17.6 Å². The number of carbonyl (C=O) groups excluding carboxylic acids is 1. The fourth-order valence-corrected chi connectivity index (χ4v) is 1.81. The number of benzene rings is 1. The quantitative estimate of drug-likeness (QED) is 0.840. The maximum Gasteiger partial charge on any atom is 0.222 e. The number of likely N-dealkylation sites (N-methyl/N-ethyl adjacent to an activating group) is 2. The van der Waals surface area contributed by atoms with Gasteiger partial charge in [-0.3, -0.25) is 4.79 Å². The highest BCUT2D eigenvalue weighted by atomic mass is 19.1. The molecule has 0 aliphatic heterocycles. The number of hydrogen-bond donors (Lipinski definition) is 1. The Bertz CT molecular complexity index is 395. The largest absolute Gasteiger partial charge is 0.344 e. The van der Waals surface area contributed by atoms with Gasteiger partial charge in [0.15, 0.2) is 0 Å². The first-order valence-electron chi connectivity index (χ1n) is 6.19. The van der Waals surface area contributed by atoms with Gasteiger partial charge in [0.1, 0.15) is 5.82 Å².